The second kappa shape index (κ2) is 6.88. The topological polar surface area (TPSA) is 54.9 Å². The summed E-state index contributed by atoms with van der Waals surface area (Å²) in [6.45, 7) is 4.28. The smallest absolute Gasteiger partial charge is 0.257 e. The molecule has 4 nitrogen and oxygen atoms in total. The molecule has 0 aliphatic rings. The van der Waals surface area contributed by atoms with Gasteiger partial charge >= 0.3 is 0 Å². The van der Waals surface area contributed by atoms with Crippen molar-refractivity contribution >= 4 is 22.4 Å². The maximum absolute atomic E-state index is 13.2. The zero-order chi connectivity index (χ0) is 17.1. The van der Waals surface area contributed by atoms with Crippen molar-refractivity contribution in [3.05, 3.63) is 65.5 Å². The summed E-state index contributed by atoms with van der Waals surface area (Å²) in [4.78, 5) is 12.1. The summed E-state index contributed by atoms with van der Waals surface area (Å²) in [7, 11) is 0. The Hall–Kier alpha value is -2.60. The molecule has 0 aliphatic carbocycles. The zero-order valence-corrected chi connectivity index (χ0v) is 14.1. The number of halogens is 1. The summed E-state index contributed by atoms with van der Waals surface area (Å²) in [5.41, 5.74) is 2.44. The Morgan fingerprint density at radius 2 is 1.88 bits per heavy atom. The molecule has 0 saturated heterocycles. The lowest BCUT2D eigenvalue weighted by Gasteiger charge is -2.04. The van der Waals surface area contributed by atoms with Crippen molar-refractivity contribution in [1.82, 2.24) is 10.2 Å². The second-order valence-corrected chi connectivity index (χ2v) is 6.63. The highest BCUT2D eigenvalue weighted by Gasteiger charge is 2.12. The molecule has 0 atom stereocenters. The van der Waals surface area contributed by atoms with Gasteiger partial charge in [0.2, 0.25) is 5.13 Å². The lowest BCUT2D eigenvalue weighted by Crippen LogP contribution is -2.11. The predicted molar refractivity (Wildman–Crippen MR) is 93.8 cm³/mol. The Kier molecular flexibility index (Phi) is 4.66. The molecule has 6 heteroatoms. The van der Waals surface area contributed by atoms with Crippen molar-refractivity contribution in [3.8, 4) is 10.6 Å². The molecule has 1 amide bonds. The van der Waals surface area contributed by atoms with E-state index in [1.807, 2.05) is 12.1 Å². The molecule has 0 radical (unpaired) electrons. The minimum Gasteiger partial charge on any atom is -0.296 e. The summed E-state index contributed by atoms with van der Waals surface area (Å²) in [6.07, 6.45) is 0. The highest BCUT2D eigenvalue weighted by atomic mass is 32.1. The zero-order valence-electron chi connectivity index (χ0n) is 13.3. The molecule has 0 unspecified atom stereocenters. The number of aromatic nitrogens is 2. The number of nitrogens with one attached hydrogen (secondary N) is 1. The van der Waals surface area contributed by atoms with Gasteiger partial charge in [-0.05, 0) is 29.7 Å². The van der Waals surface area contributed by atoms with E-state index in [1.165, 1.54) is 35.1 Å². The third-order valence-electron chi connectivity index (χ3n) is 3.56. The first-order valence-corrected chi connectivity index (χ1v) is 8.35. The molecule has 0 aliphatic heterocycles. The first-order valence-electron chi connectivity index (χ1n) is 7.53. The van der Waals surface area contributed by atoms with Crippen LogP contribution in [0.5, 0.6) is 0 Å². The van der Waals surface area contributed by atoms with Crippen LogP contribution in [0, 0.1) is 5.82 Å². The fourth-order valence-electron chi connectivity index (χ4n) is 2.20. The minimum atomic E-state index is -0.453. The van der Waals surface area contributed by atoms with Gasteiger partial charge in [-0.25, -0.2) is 4.39 Å². The average Bonchev–Trinajstić information content (AvgIpc) is 3.03. The molecule has 1 N–H and O–H groups in total. The maximum atomic E-state index is 13.2. The monoisotopic (exact) mass is 341 g/mol. The molecule has 0 saturated carbocycles. The molecular weight excluding hydrogens is 325 g/mol. The SMILES string of the molecule is CC(C)c1ccc(-c2nnc(NC(=O)c3cccc(F)c3)s2)cc1. The molecule has 0 fully saturated rings. The molecule has 122 valence electrons. The molecule has 24 heavy (non-hydrogen) atoms. The highest BCUT2D eigenvalue weighted by Crippen LogP contribution is 2.28. The van der Waals surface area contributed by atoms with Gasteiger partial charge < -0.3 is 0 Å². The van der Waals surface area contributed by atoms with Gasteiger partial charge in [-0.2, -0.15) is 0 Å². The van der Waals surface area contributed by atoms with E-state index in [2.05, 4.69) is 41.5 Å². The van der Waals surface area contributed by atoms with Crippen molar-refractivity contribution < 1.29 is 9.18 Å². The van der Waals surface area contributed by atoms with Gasteiger partial charge in [0.15, 0.2) is 0 Å². The van der Waals surface area contributed by atoms with Crippen molar-refractivity contribution in [2.24, 2.45) is 0 Å². The van der Waals surface area contributed by atoms with Gasteiger partial charge in [0, 0.05) is 11.1 Å². The Morgan fingerprint density at radius 3 is 2.54 bits per heavy atom. The van der Waals surface area contributed by atoms with E-state index in [-0.39, 0.29) is 5.56 Å². The lowest BCUT2D eigenvalue weighted by atomic mass is 10.0. The van der Waals surface area contributed by atoms with Crippen LogP contribution in [0.15, 0.2) is 48.5 Å². The normalized spacial score (nSPS) is 10.8. The number of hydrogen-bond acceptors (Lipinski definition) is 4. The Balaban J connectivity index is 1.74. The quantitative estimate of drug-likeness (QED) is 0.747. The minimum absolute atomic E-state index is 0.244. The molecule has 3 aromatic rings. The largest absolute Gasteiger partial charge is 0.296 e. The summed E-state index contributed by atoms with van der Waals surface area (Å²) in [5, 5.41) is 11.8. The van der Waals surface area contributed by atoms with E-state index in [9.17, 15) is 9.18 Å². The number of rotatable bonds is 4. The molecule has 3 rings (SSSR count). The first kappa shape index (κ1) is 16.3. The Morgan fingerprint density at radius 1 is 1.12 bits per heavy atom. The third-order valence-corrected chi connectivity index (χ3v) is 4.44. The molecule has 2 aromatic carbocycles. The second-order valence-electron chi connectivity index (χ2n) is 5.65. The van der Waals surface area contributed by atoms with E-state index in [1.54, 1.807) is 6.07 Å². The van der Waals surface area contributed by atoms with Gasteiger partial charge in [-0.3, -0.25) is 10.1 Å². The van der Waals surface area contributed by atoms with E-state index < -0.39 is 11.7 Å². The summed E-state index contributed by atoms with van der Waals surface area (Å²) in [6, 6.07) is 13.6. The number of anilines is 1. The summed E-state index contributed by atoms with van der Waals surface area (Å²) in [5.74, 6) is -0.396. The van der Waals surface area contributed by atoms with Gasteiger partial charge in [0.05, 0.1) is 0 Å². The standard InChI is InChI=1S/C18H16FN3OS/c1-11(2)12-6-8-13(9-7-12)17-21-22-18(24-17)20-16(23)14-4-3-5-15(19)10-14/h3-11H,1-2H3,(H,20,22,23). The Labute approximate surface area is 143 Å². The van der Waals surface area contributed by atoms with Crippen LogP contribution >= 0.6 is 11.3 Å². The van der Waals surface area contributed by atoms with E-state index in [0.29, 0.717) is 11.0 Å². The predicted octanol–water partition coefficient (Wildman–Crippen LogP) is 4.72. The van der Waals surface area contributed by atoms with E-state index in [0.717, 1.165) is 10.6 Å². The molecule has 0 bridgehead atoms. The first-order chi connectivity index (χ1) is 11.5. The number of nitrogens with zero attached hydrogens (tertiary/aromatic N) is 2. The van der Waals surface area contributed by atoms with Crippen molar-refractivity contribution in [2.75, 3.05) is 5.32 Å². The van der Waals surface area contributed by atoms with Crippen molar-refractivity contribution in [1.29, 1.82) is 0 Å². The number of benzene rings is 2. The number of amides is 1. The van der Waals surface area contributed by atoms with Crippen LogP contribution in [0.1, 0.15) is 35.7 Å². The van der Waals surface area contributed by atoms with Crippen LogP contribution in [0.3, 0.4) is 0 Å². The van der Waals surface area contributed by atoms with Crippen LogP contribution in [0.4, 0.5) is 9.52 Å². The molecular formula is C18H16FN3OS. The molecule has 1 aromatic heterocycles. The van der Waals surface area contributed by atoms with Crippen LogP contribution in [0.25, 0.3) is 10.6 Å². The van der Waals surface area contributed by atoms with Crippen LogP contribution in [0.2, 0.25) is 0 Å². The van der Waals surface area contributed by atoms with E-state index >= 15 is 0 Å². The van der Waals surface area contributed by atoms with Crippen LogP contribution < -0.4 is 5.32 Å². The summed E-state index contributed by atoms with van der Waals surface area (Å²) >= 11 is 1.28. The van der Waals surface area contributed by atoms with Gasteiger partial charge in [0.25, 0.3) is 5.91 Å². The number of carbonyl (C=O) groups is 1. The van der Waals surface area contributed by atoms with Gasteiger partial charge in [-0.1, -0.05) is 55.5 Å². The molecule has 0 spiro atoms. The van der Waals surface area contributed by atoms with Crippen LogP contribution in [-0.2, 0) is 0 Å². The van der Waals surface area contributed by atoms with Crippen molar-refractivity contribution in [2.45, 2.75) is 19.8 Å². The van der Waals surface area contributed by atoms with Gasteiger partial charge in [0.1, 0.15) is 10.8 Å². The fraction of sp³-hybridized carbons (Fsp3) is 0.167. The molecule has 1 heterocycles. The number of carbonyl (C=O) groups excluding carboxylic acids is 1. The van der Waals surface area contributed by atoms with Gasteiger partial charge in [-0.15, -0.1) is 10.2 Å². The lowest BCUT2D eigenvalue weighted by molar-refractivity contribution is 0.102. The fourth-order valence-corrected chi connectivity index (χ4v) is 2.94. The van der Waals surface area contributed by atoms with Crippen molar-refractivity contribution in [3.63, 3.8) is 0 Å². The maximum Gasteiger partial charge on any atom is 0.257 e. The summed E-state index contributed by atoms with van der Waals surface area (Å²) < 4.78 is 13.2. The third kappa shape index (κ3) is 3.65. The van der Waals surface area contributed by atoms with E-state index in [4.69, 9.17) is 0 Å². The van der Waals surface area contributed by atoms with Crippen LogP contribution in [-0.4, -0.2) is 16.1 Å². The Bertz CT molecular complexity index is 859. The number of hydrogen-bond donors (Lipinski definition) is 1. The highest BCUT2D eigenvalue weighted by molar-refractivity contribution is 7.18. The average molecular weight is 341 g/mol.